The Morgan fingerprint density at radius 3 is 2.62 bits per heavy atom. The fourth-order valence-electron chi connectivity index (χ4n) is 2.24. The molecule has 0 aromatic heterocycles. The van der Waals surface area contributed by atoms with Crippen molar-refractivity contribution in [1.82, 2.24) is 5.32 Å². The predicted octanol–water partition coefficient (Wildman–Crippen LogP) is 2.77. The van der Waals surface area contributed by atoms with Gasteiger partial charge in [0, 0.05) is 6.54 Å². The maximum atomic E-state index is 3.35. The minimum absolute atomic E-state index is 0.588. The van der Waals surface area contributed by atoms with E-state index in [2.05, 4.69) is 25.5 Å². The summed E-state index contributed by atoms with van der Waals surface area (Å²) < 4.78 is 0. The summed E-state index contributed by atoms with van der Waals surface area (Å²) in [7, 11) is 2.08. The van der Waals surface area contributed by atoms with Gasteiger partial charge in [-0.05, 0) is 56.1 Å². The summed E-state index contributed by atoms with van der Waals surface area (Å²) in [6.07, 6.45) is 7.93. The van der Waals surface area contributed by atoms with E-state index in [0.29, 0.717) is 5.41 Å². The van der Waals surface area contributed by atoms with Crippen LogP contribution >= 0.6 is 11.8 Å². The van der Waals surface area contributed by atoms with Gasteiger partial charge < -0.3 is 5.32 Å². The molecule has 1 nitrogen and oxygen atoms in total. The molecule has 0 bridgehead atoms. The van der Waals surface area contributed by atoms with Gasteiger partial charge in [-0.3, -0.25) is 0 Å². The molecule has 1 N–H and O–H groups in total. The summed E-state index contributed by atoms with van der Waals surface area (Å²) in [6.45, 7) is 3.66. The molecule has 0 heterocycles. The van der Waals surface area contributed by atoms with Crippen LogP contribution in [0.3, 0.4) is 0 Å². The van der Waals surface area contributed by atoms with Crippen LogP contribution < -0.4 is 5.32 Å². The molecule has 0 aliphatic heterocycles. The van der Waals surface area contributed by atoms with Crippen LogP contribution in [0.4, 0.5) is 0 Å². The summed E-state index contributed by atoms with van der Waals surface area (Å²) in [5, 5.41) is 3.35. The monoisotopic (exact) mass is 201 g/mol. The smallest absolute Gasteiger partial charge is 0.000482 e. The zero-order valence-electron chi connectivity index (χ0n) is 9.23. The van der Waals surface area contributed by atoms with E-state index in [-0.39, 0.29) is 0 Å². The van der Waals surface area contributed by atoms with Gasteiger partial charge in [-0.1, -0.05) is 6.92 Å². The van der Waals surface area contributed by atoms with E-state index < -0.39 is 0 Å². The van der Waals surface area contributed by atoms with Gasteiger partial charge in [0.05, 0.1) is 0 Å². The van der Waals surface area contributed by atoms with Crippen molar-refractivity contribution in [1.29, 1.82) is 0 Å². The molecule has 1 fully saturated rings. The third-order valence-corrected chi connectivity index (χ3v) is 3.94. The van der Waals surface area contributed by atoms with Crippen molar-refractivity contribution >= 4 is 11.8 Å². The van der Waals surface area contributed by atoms with Crippen LogP contribution in [0.1, 0.15) is 32.6 Å². The molecular weight excluding hydrogens is 178 g/mol. The summed E-state index contributed by atoms with van der Waals surface area (Å²) >= 11 is 1.97. The Balaban J connectivity index is 2.28. The number of hydrogen-bond acceptors (Lipinski definition) is 2. The minimum atomic E-state index is 0.588. The molecule has 0 amide bonds. The van der Waals surface area contributed by atoms with Gasteiger partial charge in [0.25, 0.3) is 0 Å². The first-order chi connectivity index (χ1) is 6.23. The second-order valence-electron chi connectivity index (χ2n) is 4.55. The van der Waals surface area contributed by atoms with Crippen LogP contribution in [0.15, 0.2) is 0 Å². The molecule has 1 aliphatic rings. The topological polar surface area (TPSA) is 12.0 Å². The van der Waals surface area contributed by atoms with E-state index >= 15 is 0 Å². The molecule has 0 saturated heterocycles. The zero-order chi connectivity index (χ0) is 9.73. The van der Waals surface area contributed by atoms with Gasteiger partial charge in [-0.25, -0.2) is 0 Å². The lowest BCUT2D eigenvalue weighted by atomic mass is 9.80. The van der Waals surface area contributed by atoms with Crippen molar-refractivity contribution in [3.05, 3.63) is 0 Å². The highest BCUT2D eigenvalue weighted by Gasteiger charge is 2.40. The standard InChI is InChI=1S/C11H23NS/c1-11(9-12-2,10-5-6-10)7-4-8-13-3/h10,12H,4-9H2,1-3H3. The average molecular weight is 201 g/mol. The lowest BCUT2D eigenvalue weighted by Crippen LogP contribution is -2.31. The van der Waals surface area contributed by atoms with E-state index in [1.165, 1.54) is 38.0 Å². The molecule has 1 saturated carbocycles. The molecular formula is C11H23NS. The second kappa shape index (κ2) is 5.26. The Morgan fingerprint density at radius 2 is 2.15 bits per heavy atom. The van der Waals surface area contributed by atoms with Gasteiger partial charge in [0.2, 0.25) is 0 Å². The summed E-state index contributed by atoms with van der Waals surface area (Å²) in [4.78, 5) is 0. The Bertz CT molecular complexity index is 145. The van der Waals surface area contributed by atoms with Crippen molar-refractivity contribution in [2.45, 2.75) is 32.6 Å². The van der Waals surface area contributed by atoms with Crippen LogP contribution in [-0.4, -0.2) is 25.6 Å². The van der Waals surface area contributed by atoms with Crippen LogP contribution in [0.25, 0.3) is 0 Å². The van der Waals surface area contributed by atoms with E-state index in [4.69, 9.17) is 0 Å². The minimum Gasteiger partial charge on any atom is -0.319 e. The zero-order valence-corrected chi connectivity index (χ0v) is 10.0. The van der Waals surface area contributed by atoms with Crippen LogP contribution in [0.5, 0.6) is 0 Å². The Hall–Kier alpha value is 0.310. The van der Waals surface area contributed by atoms with Crippen molar-refractivity contribution < 1.29 is 0 Å². The van der Waals surface area contributed by atoms with Gasteiger partial charge in [0.15, 0.2) is 0 Å². The first-order valence-electron chi connectivity index (χ1n) is 5.36. The van der Waals surface area contributed by atoms with E-state index in [9.17, 15) is 0 Å². The number of thioether (sulfide) groups is 1. The molecule has 1 unspecified atom stereocenters. The highest BCUT2D eigenvalue weighted by molar-refractivity contribution is 7.98. The third-order valence-electron chi connectivity index (χ3n) is 3.24. The molecule has 2 heteroatoms. The number of rotatable bonds is 7. The third kappa shape index (κ3) is 3.51. The molecule has 1 atom stereocenters. The predicted molar refractivity (Wildman–Crippen MR) is 62.4 cm³/mol. The molecule has 78 valence electrons. The molecule has 1 aliphatic carbocycles. The summed E-state index contributed by atoms with van der Waals surface area (Å²) in [6, 6.07) is 0. The van der Waals surface area contributed by atoms with Gasteiger partial charge in [-0.15, -0.1) is 0 Å². The van der Waals surface area contributed by atoms with E-state index in [0.717, 1.165) is 5.92 Å². The molecule has 0 radical (unpaired) electrons. The van der Waals surface area contributed by atoms with Crippen molar-refractivity contribution in [2.75, 3.05) is 25.6 Å². The van der Waals surface area contributed by atoms with Crippen LogP contribution in [0.2, 0.25) is 0 Å². The Morgan fingerprint density at radius 1 is 1.46 bits per heavy atom. The molecule has 0 aromatic rings. The highest BCUT2D eigenvalue weighted by atomic mass is 32.2. The van der Waals surface area contributed by atoms with Crippen molar-refractivity contribution in [3.8, 4) is 0 Å². The maximum absolute atomic E-state index is 3.35. The average Bonchev–Trinajstić information content (AvgIpc) is 2.87. The Labute approximate surface area is 87.1 Å². The molecule has 13 heavy (non-hydrogen) atoms. The lowest BCUT2D eigenvalue weighted by molar-refractivity contribution is 0.241. The van der Waals surface area contributed by atoms with E-state index in [1.54, 1.807) is 0 Å². The molecule has 0 aromatic carbocycles. The van der Waals surface area contributed by atoms with Crippen LogP contribution in [0, 0.1) is 11.3 Å². The summed E-state index contributed by atoms with van der Waals surface area (Å²) in [5.74, 6) is 2.34. The fourth-order valence-corrected chi connectivity index (χ4v) is 2.67. The van der Waals surface area contributed by atoms with Crippen molar-refractivity contribution in [2.24, 2.45) is 11.3 Å². The largest absolute Gasteiger partial charge is 0.319 e. The summed E-state index contributed by atoms with van der Waals surface area (Å²) in [5.41, 5.74) is 0.588. The first kappa shape index (κ1) is 11.4. The SMILES string of the molecule is CNCC(C)(CCCSC)C1CC1. The van der Waals surface area contributed by atoms with Gasteiger partial charge in [-0.2, -0.15) is 11.8 Å². The molecule has 1 rings (SSSR count). The van der Waals surface area contributed by atoms with Crippen molar-refractivity contribution in [3.63, 3.8) is 0 Å². The fraction of sp³-hybridized carbons (Fsp3) is 1.00. The van der Waals surface area contributed by atoms with Crippen LogP contribution in [-0.2, 0) is 0 Å². The maximum Gasteiger partial charge on any atom is 0.000482 e. The second-order valence-corrected chi connectivity index (χ2v) is 5.54. The molecule has 0 spiro atoms. The van der Waals surface area contributed by atoms with Gasteiger partial charge in [0.1, 0.15) is 0 Å². The first-order valence-corrected chi connectivity index (χ1v) is 6.76. The lowest BCUT2D eigenvalue weighted by Gasteiger charge is -2.29. The highest BCUT2D eigenvalue weighted by Crippen LogP contribution is 2.47. The normalized spacial score (nSPS) is 21.5. The van der Waals surface area contributed by atoms with Gasteiger partial charge >= 0.3 is 0 Å². The number of nitrogens with one attached hydrogen (secondary N) is 1. The Kier molecular flexibility index (Phi) is 4.60. The van der Waals surface area contributed by atoms with E-state index in [1.807, 2.05) is 11.8 Å². The quantitative estimate of drug-likeness (QED) is 0.636. The number of hydrogen-bond donors (Lipinski definition) is 1.